The summed E-state index contributed by atoms with van der Waals surface area (Å²) in [6.45, 7) is 15.8. The molecule has 6 aromatic carbocycles. The van der Waals surface area contributed by atoms with E-state index in [4.69, 9.17) is 19.9 Å². The van der Waals surface area contributed by atoms with Gasteiger partial charge in [0.1, 0.15) is 11.5 Å². The fourth-order valence-corrected chi connectivity index (χ4v) is 10.2. The number of amides is 4. The van der Waals surface area contributed by atoms with Crippen molar-refractivity contribution in [3.05, 3.63) is 140 Å². The van der Waals surface area contributed by atoms with Crippen LogP contribution in [0.2, 0.25) is 0 Å². The molecule has 11 rings (SSSR count). The maximum Gasteiger partial charge on any atom is 0.266 e. The quantitative estimate of drug-likeness (QED) is 0.121. The minimum absolute atomic E-state index is 0.0636. The monoisotopic (exact) mass is 900 g/mol. The summed E-state index contributed by atoms with van der Waals surface area (Å²) in [5.41, 5.74) is 13.7. The third kappa shape index (κ3) is 6.56. The molecule has 0 fully saturated rings. The Morgan fingerprint density at radius 1 is 0.382 bits per heavy atom. The van der Waals surface area contributed by atoms with Gasteiger partial charge in [0, 0.05) is 0 Å². The van der Waals surface area contributed by atoms with Crippen molar-refractivity contribution in [2.45, 2.75) is 91.9 Å². The number of aryl methyl sites for hydroxylation is 2. The lowest BCUT2D eigenvalue weighted by atomic mass is 9.91. The lowest BCUT2D eigenvalue weighted by Gasteiger charge is -2.25. The van der Waals surface area contributed by atoms with Crippen LogP contribution < -0.4 is 9.80 Å². The molecule has 8 aromatic rings. The summed E-state index contributed by atoms with van der Waals surface area (Å²) in [5, 5.41) is 21.2. The fraction of sp³-hybridized carbons (Fsp3) is 0.250. The highest BCUT2D eigenvalue weighted by atomic mass is 16.3. The Bertz CT molecular complexity index is 3370. The lowest BCUT2D eigenvalue weighted by Crippen LogP contribution is -2.31. The molecule has 68 heavy (non-hydrogen) atoms. The molecular formula is C56H48N6O6. The third-order valence-corrected chi connectivity index (χ3v) is 13.7. The number of hydrogen-bond acceptors (Lipinski definition) is 10. The Morgan fingerprint density at radius 2 is 0.632 bits per heavy atom. The first-order valence-electron chi connectivity index (χ1n) is 23.2. The van der Waals surface area contributed by atoms with E-state index in [-0.39, 0.29) is 57.4 Å². The minimum atomic E-state index is -0.432. The van der Waals surface area contributed by atoms with Gasteiger partial charge >= 0.3 is 0 Å². The number of phenols is 2. The van der Waals surface area contributed by atoms with Crippen molar-refractivity contribution in [2.75, 3.05) is 9.80 Å². The summed E-state index contributed by atoms with van der Waals surface area (Å²) in [4.78, 5) is 79.3. The second-order valence-corrected chi connectivity index (χ2v) is 19.6. The predicted molar refractivity (Wildman–Crippen MR) is 265 cm³/mol. The van der Waals surface area contributed by atoms with Crippen LogP contribution in [0.15, 0.2) is 72.8 Å². The maximum atomic E-state index is 14.2. The molecule has 1 aliphatic carbocycles. The van der Waals surface area contributed by atoms with Crippen molar-refractivity contribution < 1.29 is 29.4 Å². The second kappa shape index (κ2) is 15.3. The van der Waals surface area contributed by atoms with Gasteiger partial charge in [-0.2, -0.15) is 0 Å². The zero-order valence-electron chi connectivity index (χ0n) is 39.0. The average molecular weight is 901 g/mol. The van der Waals surface area contributed by atoms with Crippen LogP contribution in [0, 0.1) is 0 Å². The van der Waals surface area contributed by atoms with Crippen LogP contribution in [0.5, 0.6) is 11.5 Å². The Kier molecular flexibility index (Phi) is 9.65. The summed E-state index contributed by atoms with van der Waals surface area (Å²) in [6.07, 6.45) is 5.50. The summed E-state index contributed by atoms with van der Waals surface area (Å²) in [5.74, 6) is -1.79. The van der Waals surface area contributed by atoms with E-state index in [1.54, 1.807) is 48.5 Å². The Labute approximate surface area is 392 Å². The van der Waals surface area contributed by atoms with Gasteiger partial charge in [-0.1, -0.05) is 67.5 Å². The maximum absolute atomic E-state index is 14.2. The standard InChI is InChI=1S/C56H48N6O6/c1-25(2)35-17-33(63)18-36(26(3)4)51(35)61-53(65)39-21-47-48(22-40(39)54(61)66)58-44-14-30-10-12-32-16-46-45(15-31(32)11-9-29(30)13-43(44)57-47)59-49-23-41-42(24-50(49)60-46)56(68)62(55(41)67)52-37(27(5)6)19-34(64)20-38(52)28(7)8/h9,11,13-28,63-64H,10,12H2,1-8H3. The van der Waals surface area contributed by atoms with Crippen molar-refractivity contribution in [1.82, 2.24) is 19.9 Å². The Balaban J connectivity index is 0.935. The van der Waals surface area contributed by atoms with Crippen molar-refractivity contribution in [3.8, 4) is 11.5 Å². The first-order chi connectivity index (χ1) is 32.4. The SMILES string of the molecule is CC(C)c1cc(O)cc(C(C)C)c1N1C(=O)c2cc3nc4cc5c(cc4nc3cc2C1=O)CCc1cc2nc3cc4c(cc3nc2cc1C=C5)C(=O)N(c1c(C(C)C)cc(O)cc1C(C)C)C4=O. The zero-order chi connectivity index (χ0) is 47.8. The summed E-state index contributed by atoms with van der Waals surface area (Å²) in [7, 11) is 0. The highest BCUT2D eigenvalue weighted by Crippen LogP contribution is 2.44. The van der Waals surface area contributed by atoms with E-state index in [0.29, 0.717) is 68.4 Å². The van der Waals surface area contributed by atoms with E-state index in [1.165, 1.54) is 9.80 Å². The number of benzene rings is 6. The number of phenolic OH excluding ortho intramolecular Hbond substituents is 2. The number of carbonyl (C=O) groups excluding carboxylic acids is 4. The van der Waals surface area contributed by atoms with Crippen LogP contribution in [0.25, 0.3) is 56.3 Å². The molecule has 0 atom stereocenters. The van der Waals surface area contributed by atoms with Crippen LogP contribution in [-0.4, -0.2) is 53.8 Å². The van der Waals surface area contributed by atoms with E-state index < -0.39 is 23.6 Å². The summed E-state index contributed by atoms with van der Waals surface area (Å²) >= 11 is 0. The molecule has 12 heteroatoms. The highest BCUT2D eigenvalue weighted by molar-refractivity contribution is 6.36. The number of nitrogens with zero attached hydrogens (tertiary/aromatic N) is 6. The van der Waals surface area contributed by atoms with Crippen LogP contribution in [-0.2, 0) is 12.8 Å². The molecule has 0 saturated carbocycles. The topological polar surface area (TPSA) is 167 Å². The molecule has 0 spiro atoms. The number of imide groups is 2. The van der Waals surface area contributed by atoms with Crippen molar-refractivity contribution >= 4 is 91.3 Å². The van der Waals surface area contributed by atoms with E-state index in [9.17, 15) is 29.4 Å². The number of anilines is 2. The van der Waals surface area contributed by atoms with Gasteiger partial charge in [-0.3, -0.25) is 19.2 Å². The van der Waals surface area contributed by atoms with Crippen molar-refractivity contribution in [3.63, 3.8) is 0 Å². The van der Waals surface area contributed by atoms with Gasteiger partial charge in [-0.05, 0) is 154 Å². The van der Waals surface area contributed by atoms with Crippen molar-refractivity contribution in [2.24, 2.45) is 0 Å². The predicted octanol–water partition coefficient (Wildman–Crippen LogP) is 11.7. The van der Waals surface area contributed by atoms with E-state index >= 15 is 0 Å². The molecule has 0 radical (unpaired) electrons. The molecule has 0 unspecified atom stereocenters. The third-order valence-electron chi connectivity index (χ3n) is 13.7. The molecule has 4 heterocycles. The molecule has 2 aliphatic heterocycles. The fourth-order valence-electron chi connectivity index (χ4n) is 10.2. The number of aromatic hydroxyl groups is 2. The van der Waals surface area contributed by atoms with Crippen LogP contribution in [0.1, 0.15) is 165 Å². The molecule has 338 valence electrons. The number of carbonyl (C=O) groups is 4. The first kappa shape index (κ1) is 42.8. The highest BCUT2D eigenvalue weighted by Gasteiger charge is 2.42. The molecule has 2 aromatic heterocycles. The van der Waals surface area contributed by atoms with Gasteiger partial charge in [0.25, 0.3) is 23.6 Å². The largest absolute Gasteiger partial charge is 0.508 e. The van der Waals surface area contributed by atoms with E-state index in [1.807, 2.05) is 79.7 Å². The minimum Gasteiger partial charge on any atom is -0.508 e. The normalized spacial score (nSPS) is 14.7. The zero-order valence-corrected chi connectivity index (χ0v) is 39.0. The number of hydrogen-bond donors (Lipinski definition) is 2. The molecule has 0 saturated heterocycles. The lowest BCUT2D eigenvalue weighted by molar-refractivity contribution is 0.0909. The molecule has 12 nitrogen and oxygen atoms in total. The molecule has 4 amide bonds. The molecule has 2 N–H and O–H groups in total. The smallest absolute Gasteiger partial charge is 0.266 e. The van der Waals surface area contributed by atoms with Gasteiger partial charge in [0.05, 0.1) is 77.8 Å². The number of aromatic nitrogens is 4. The van der Waals surface area contributed by atoms with Gasteiger partial charge in [0.2, 0.25) is 0 Å². The Morgan fingerprint density at radius 3 is 0.897 bits per heavy atom. The van der Waals surface area contributed by atoms with Crippen LogP contribution in [0.4, 0.5) is 11.4 Å². The number of rotatable bonds is 6. The summed E-state index contributed by atoms with van der Waals surface area (Å²) < 4.78 is 0. The molecular weight excluding hydrogens is 853 g/mol. The van der Waals surface area contributed by atoms with Crippen LogP contribution in [0.3, 0.4) is 0 Å². The van der Waals surface area contributed by atoms with Gasteiger partial charge < -0.3 is 10.2 Å². The van der Waals surface area contributed by atoms with Crippen molar-refractivity contribution in [1.29, 1.82) is 0 Å². The summed E-state index contributed by atoms with van der Waals surface area (Å²) in [6, 6.07) is 21.3. The average Bonchev–Trinajstić information content (AvgIpc) is 3.67. The molecule has 3 aliphatic rings. The van der Waals surface area contributed by atoms with E-state index in [2.05, 4.69) is 12.2 Å². The van der Waals surface area contributed by atoms with Gasteiger partial charge in [0.15, 0.2) is 0 Å². The van der Waals surface area contributed by atoms with Crippen LogP contribution >= 0.6 is 0 Å². The second-order valence-electron chi connectivity index (χ2n) is 19.6. The number of fused-ring (bicyclic) bond motifs is 8. The first-order valence-corrected chi connectivity index (χ1v) is 23.2. The van der Waals surface area contributed by atoms with E-state index in [0.717, 1.165) is 44.5 Å². The van der Waals surface area contributed by atoms with Gasteiger partial charge in [-0.25, -0.2) is 29.7 Å². The Hall–Kier alpha value is -7.86. The molecule has 0 bridgehead atoms. The van der Waals surface area contributed by atoms with Gasteiger partial charge in [-0.15, -0.1) is 0 Å².